The number of carbonyl (C=O) groups is 2. The van der Waals surface area contributed by atoms with Crippen molar-refractivity contribution in [2.24, 2.45) is 4.99 Å². The molecule has 0 bridgehead atoms. The SMILES string of the molecule is CCCN1C(=O)C(=c2sc3n(c2=O)[C@H](c2ccc(OC)cc2)C(C(=O)OCC)=C(C)N=3)c2ccccc21. The Labute approximate surface area is 217 Å². The van der Waals surface area contributed by atoms with Gasteiger partial charge < -0.3 is 14.4 Å². The van der Waals surface area contributed by atoms with Crippen LogP contribution in [0.5, 0.6) is 5.75 Å². The highest BCUT2D eigenvalue weighted by Gasteiger charge is 2.37. The fourth-order valence-corrected chi connectivity index (χ4v) is 6.03. The fraction of sp³-hybridized carbons (Fsp3) is 0.286. The summed E-state index contributed by atoms with van der Waals surface area (Å²) in [5.74, 6) is -0.0736. The summed E-state index contributed by atoms with van der Waals surface area (Å²) in [6.07, 6.45) is 0.786. The number of hydrogen-bond donors (Lipinski definition) is 0. The molecule has 37 heavy (non-hydrogen) atoms. The molecule has 0 saturated carbocycles. The molecule has 0 N–H and O–H groups in total. The molecule has 5 rings (SSSR count). The number of para-hydroxylation sites is 1. The Morgan fingerprint density at radius 2 is 1.81 bits per heavy atom. The van der Waals surface area contributed by atoms with Crippen LogP contribution in [0.3, 0.4) is 0 Å². The van der Waals surface area contributed by atoms with Crippen molar-refractivity contribution < 1.29 is 19.1 Å². The van der Waals surface area contributed by atoms with Crippen molar-refractivity contribution in [1.82, 2.24) is 4.57 Å². The Balaban J connectivity index is 1.79. The molecule has 2 aromatic carbocycles. The number of fused-ring (bicyclic) bond motifs is 2. The lowest BCUT2D eigenvalue weighted by molar-refractivity contribution is -0.139. The van der Waals surface area contributed by atoms with Crippen molar-refractivity contribution in [3.05, 3.63) is 90.6 Å². The maximum atomic E-state index is 14.1. The number of esters is 1. The molecule has 0 aliphatic carbocycles. The van der Waals surface area contributed by atoms with E-state index in [0.717, 1.165) is 17.7 Å². The zero-order valence-corrected chi connectivity index (χ0v) is 21.9. The molecule has 0 unspecified atom stereocenters. The molecule has 3 aromatic rings. The quantitative estimate of drug-likeness (QED) is 0.469. The number of thiazole rings is 1. The Morgan fingerprint density at radius 3 is 2.49 bits per heavy atom. The maximum absolute atomic E-state index is 14.1. The first kappa shape index (κ1) is 24.7. The van der Waals surface area contributed by atoms with E-state index in [1.165, 1.54) is 15.9 Å². The molecule has 2 aliphatic rings. The Bertz CT molecular complexity index is 1610. The van der Waals surface area contributed by atoms with Gasteiger partial charge in [0.05, 0.1) is 42.3 Å². The topological polar surface area (TPSA) is 90.2 Å². The molecule has 3 heterocycles. The zero-order valence-electron chi connectivity index (χ0n) is 21.1. The minimum absolute atomic E-state index is 0.193. The van der Waals surface area contributed by atoms with Crippen LogP contribution in [-0.2, 0) is 14.3 Å². The number of amides is 1. The predicted octanol–water partition coefficient (Wildman–Crippen LogP) is 2.93. The number of aromatic nitrogens is 1. The van der Waals surface area contributed by atoms with Gasteiger partial charge in [-0.1, -0.05) is 48.6 Å². The van der Waals surface area contributed by atoms with Crippen LogP contribution in [0.2, 0.25) is 0 Å². The Morgan fingerprint density at radius 1 is 1.08 bits per heavy atom. The lowest BCUT2D eigenvalue weighted by Crippen LogP contribution is -2.41. The number of ether oxygens (including phenoxy) is 2. The van der Waals surface area contributed by atoms with Crippen LogP contribution in [0.4, 0.5) is 5.69 Å². The molecule has 8 nitrogen and oxygen atoms in total. The van der Waals surface area contributed by atoms with Gasteiger partial charge in [0, 0.05) is 12.1 Å². The normalized spacial score (nSPS) is 17.9. The number of nitrogens with zero attached hydrogens (tertiary/aromatic N) is 3. The van der Waals surface area contributed by atoms with Crippen LogP contribution >= 0.6 is 11.3 Å². The van der Waals surface area contributed by atoms with E-state index in [1.807, 2.05) is 43.3 Å². The first-order chi connectivity index (χ1) is 17.9. The third-order valence-electron chi connectivity index (χ3n) is 6.52. The smallest absolute Gasteiger partial charge is 0.338 e. The van der Waals surface area contributed by atoms with Gasteiger partial charge in [0.2, 0.25) is 0 Å². The highest BCUT2D eigenvalue weighted by molar-refractivity contribution is 7.07. The number of anilines is 1. The van der Waals surface area contributed by atoms with E-state index in [9.17, 15) is 14.4 Å². The summed E-state index contributed by atoms with van der Waals surface area (Å²) >= 11 is 1.17. The van der Waals surface area contributed by atoms with Gasteiger partial charge in [-0.2, -0.15) is 0 Å². The largest absolute Gasteiger partial charge is 0.497 e. The highest BCUT2D eigenvalue weighted by atomic mass is 32.1. The van der Waals surface area contributed by atoms with E-state index in [2.05, 4.69) is 4.99 Å². The van der Waals surface area contributed by atoms with Gasteiger partial charge in [0.25, 0.3) is 11.5 Å². The first-order valence-corrected chi connectivity index (χ1v) is 13.0. The van der Waals surface area contributed by atoms with E-state index in [1.54, 1.807) is 38.0 Å². The average Bonchev–Trinajstić information content (AvgIpc) is 3.36. The molecule has 0 radical (unpaired) electrons. The van der Waals surface area contributed by atoms with Crippen molar-refractivity contribution in [2.75, 3.05) is 25.2 Å². The van der Waals surface area contributed by atoms with E-state index >= 15 is 0 Å². The number of rotatable bonds is 6. The van der Waals surface area contributed by atoms with Crippen molar-refractivity contribution in [3.63, 3.8) is 0 Å². The Hall–Kier alpha value is -3.98. The number of methoxy groups -OCH3 is 1. The lowest BCUT2D eigenvalue weighted by atomic mass is 9.96. The number of hydrogen-bond acceptors (Lipinski definition) is 7. The second kappa shape index (κ2) is 9.82. The fourth-order valence-electron chi connectivity index (χ4n) is 4.89. The van der Waals surface area contributed by atoms with Crippen molar-refractivity contribution in [1.29, 1.82) is 0 Å². The number of carbonyl (C=O) groups excluding carboxylic acids is 2. The summed E-state index contributed by atoms with van der Waals surface area (Å²) in [5.41, 5.74) is 3.01. The molecule has 2 aliphatic heterocycles. The monoisotopic (exact) mass is 517 g/mol. The zero-order chi connectivity index (χ0) is 26.3. The van der Waals surface area contributed by atoms with Crippen molar-refractivity contribution in [2.45, 2.75) is 33.2 Å². The molecular weight excluding hydrogens is 490 g/mol. The van der Waals surface area contributed by atoms with E-state index < -0.39 is 12.0 Å². The molecule has 9 heteroatoms. The average molecular weight is 518 g/mol. The Kier molecular flexibility index (Phi) is 6.55. The summed E-state index contributed by atoms with van der Waals surface area (Å²) < 4.78 is 12.5. The van der Waals surface area contributed by atoms with Crippen LogP contribution in [0.15, 0.2) is 69.6 Å². The first-order valence-electron chi connectivity index (χ1n) is 12.2. The van der Waals surface area contributed by atoms with Crippen LogP contribution in [0.1, 0.15) is 44.4 Å². The summed E-state index contributed by atoms with van der Waals surface area (Å²) in [5, 5.41) is 0. The van der Waals surface area contributed by atoms with E-state index in [4.69, 9.17) is 9.47 Å². The second-order valence-electron chi connectivity index (χ2n) is 8.74. The summed E-state index contributed by atoms with van der Waals surface area (Å²) in [6.45, 7) is 6.23. The van der Waals surface area contributed by atoms with Gasteiger partial charge in [0.1, 0.15) is 10.3 Å². The van der Waals surface area contributed by atoms with Gasteiger partial charge in [-0.3, -0.25) is 14.2 Å². The molecule has 0 spiro atoms. The van der Waals surface area contributed by atoms with E-state index in [-0.39, 0.29) is 18.1 Å². The molecule has 0 fully saturated rings. The van der Waals surface area contributed by atoms with Gasteiger partial charge >= 0.3 is 5.97 Å². The second-order valence-corrected chi connectivity index (χ2v) is 9.72. The molecule has 0 saturated heterocycles. The number of allylic oxidation sites excluding steroid dienone is 1. The minimum atomic E-state index is -0.756. The molecule has 1 aromatic heterocycles. The van der Waals surface area contributed by atoms with Crippen molar-refractivity contribution in [3.8, 4) is 5.75 Å². The van der Waals surface area contributed by atoms with Crippen LogP contribution in [0, 0.1) is 0 Å². The van der Waals surface area contributed by atoms with Gasteiger partial charge in [-0.05, 0) is 44.0 Å². The van der Waals surface area contributed by atoms with Crippen LogP contribution in [0.25, 0.3) is 5.57 Å². The maximum Gasteiger partial charge on any atom is 0.338 e. The standard InChI is InChI=1S/C28H27N3O5S/c1-5-15-30-20-10-8-7-9-19(20)22(25(30)32)24-26(33)31-23(17-11-13-18(35-4)14-12-17)21(27(34)36-6-2)16(3)29-28(31)37-24/h7-14,23H,5-6,15H2,1-4H3/t23-/m1/s1. The van der Waals surface area contributed by atoms with Crippen LogP contribution < -0.4 is 24.5 Å². The molecule has 1 atom stereocenters. The molecule has 1 amide bonds. The van der Waals surface area contributed by atoms with E-state index in [0.29, 0.717) is 44.0 Å². The van der Waals surface area contributed by atoms with Gasteiger partial charge in [0.15, 0.2) is 4.80 Å². The third kappa shape index (κ3) is 3.99. The molecular formula is C28H27N3O5S. The summed E-state index contributed by atoms with van der Waals surface area (Å²) in [6, 6.07) is 14.0. The minimum Gasteiger partial charge on any atom is -0.497 e. The van der Waals surface area contributed by atoms with Crippen molar-refractivity contribution >= 4 is 34.5 Å². The van der Waals surface area contributed by atoms with Crippen LogP contribution in [-0.4, -0.2) is 36.7 Å². The summed E-state index contributed by atoms with van der Waals surface area (Å²) in [7, 11) is 1.58. The number of benzene rings is 2. The summed E-state index contributed by atoms with van der Waals surface area (Å²) in [4.78, 5) is 47.5. The molecule has 190 valence electrons. The third-order valence-corrected chi connectivity index (χ3v) is 7.58. The van der Waals surface area contributed by atoms with Gasteiger partial charge in [-0.25, -0.2) is 9.79 Å². The van der Waals surface area contributed by atoms with Gasteiger partial charge in [-0.15, -0.1) is 0 Å². The lowest BCUT2D eigenvalue weighted by Gasteiger charge is -2.24. The predicted molar refractivity (Wildman–Crippen MR) is 141 cm³/mol. The highest BCUT2D eigenvalue weighted by Crippen LogP contribution is 2.36.